The van der Waals surface area contributed by atoms with Crippen molar-refractivity contribution in [3.63, 3.8) is 0 Å². The molecule has 3 aromatic rings. The Bertz CT molecular complexity index is 920. The van der Waals surface area contributed by atoms with Crippen LogP contribution in [-0.4, -0.2) is 29.0 Å². The van der Waals surface area contributed by atoms with Crippen LogP contribution in [0.3, 0.4) is 0 Å². The molecule has 0 spiro atoms. The van der Waals surface area contributed by atoms with Crippen molar-refractivity contribution in [2.75, 3.05) is 19.5 Å². The highest BCUT2D eigenvalue weighted by atomic mass is 16.5. The van der Waals surface area contributed by atoms with Crippen LogP contribution >= 0.6 is 0 Å². The summed E-state index contributed by atoms with van der Waals surface area (Å²) in [6, 6.07) is 14.9. The summed E-state index contributed by atoms with van der Waals surface area (Å²) in [7, 11) is 3.33. The molecule has 0 unspecified atom stereocenters. The molecule has 0 radical (unpaired) electrons. The maximum absolute atomic E-state index is 5.68. The van der Waals surface area contributed by atoms with Crippen molar-refractivity contribution in [1.29, 1.82) is 0 Å². The lowest BCUT2D eigenvalue weighted by atomic mass is 9.92. The van der Waals surface area contributed by atoms with Crippen molar-refractivity contribution in [3.8, 4) is 11.5 Å². The number of aromatic nitrogens is 3. The van der Waals surface area contributed by atoms with E-state index in [1.807, 2.05) is 16.8 Å². The van der Waals surface area contributed by atoms with E-state index in [-0.39, 0.29) is 12.1 Å². The number of para-hydroxylation sites is 1. The first kappa shape index (κ1) is 17.4. The van der Waals surface area contributed by atoms with Crippen LogP contribution in [-0.2, 0) is 6.42 Å². The van der Waals surface area contributed by atoms with E-state index in [0.717, 1.165) is 35.9 Å². The summed E-state index contributed by atoms with van der Waals surface area (Å²) in [6.07, 6.45) is 3.46. The van der Waals surface area contributed by atoms with Crippen LogP contribution in [0.2, 0.25) is 0 Å². The molecular weight excluding hydrogens is 340 g/mol. The summed E-state index contributed by atoms with van der Waals surface area (Å²) in [4.78, 5) is 4.41. The predicted molar refractivity (Wildman–Crippen MR) is 105 cm³/mol. The van der Waals surface area contributed by atoms with E-state index in [2.05, 4.69) is 52.7 Å². The molecule has 0 amide bonds. The Morgan fingerprint density at radius 3 is 2.63 bits per heavy atom. The zero-order chi connectivity index (χ0) is 18.8. The standard InChI is InChI=1S/C21H24N4O2/c1-4-14-8-10-15(11-9-14)17-12-18(25-21(24-17)22-13-23-25)16-6-5-7-19(26-2)20(16)27-3/h5-11,13,17-18H,4,12H2,1-3H3,(H,22,23,24)/t17-,18+/m0/s1. The highest BCUT2D eigenvalue weighted by Crippen LogP contribution is 2.43. The molecule has 1 aliphatic rings. The lowest BCUT2D eigenvalue weighted by Gasteiger charge is -2.32. The lowest BCUT2D eigenvalue weighted by molar-refractivity contribution is 0.340. The van der Waals surface area contributed by atoms with Gasteiger partial charge in [-0.05, 0) is 30.0 Å². The van der Waals surface area contributed by atoms with Gasteiger partial charge in [-0.2, -0.15) is 10.1 Å². The monoisotopic (exact) mass is 364 g/mol. The number of anilines is 1. The van der Waals surface area contributed by atoms with Gasteiger partial charge in [0.1, 0.15) is 6.33 Å². The van der Waals surface area contributed by atoms with Crippen LogP contribution in [0.5, 0.6) is 11.5 Å². The summed E-state index contributed by atoms with van der Waals surface area (Å²) in [5.74, 6) is 2.23. The number of methoxy groups -OCH3 is 2. The molecule has 1 N–H and O–H groups in total. The third-order valence-electron chi connectivity index (χ3n) is 5.21. The third kappa shape index (κ3) is 3.12. The summed E-state index contributed by atoms with van der Waals surface area (Å²) >= 11 is 0. The lowest BCUT2D eigenvalue weighted by Crippen LogP contribution is -2.28. The Kier molecular flexibility index (Phi) is 4.71. The highest BCUT2D eigenvalue weighted by Gasteiger charge is 2.32. The molecule has 27 heavy (non-hydrogen) atoms. The molecule has 0 aliphatic carbocycles. The molecule has 0 fully saturated rings. The van der Waals surface area contributed by atoms with Crippen LogP contribution in [0.1, 0.15) is 42.1 Å². The fourth-order valence-corrected chi connectivity index (χ4v) is 3.76. The molecule has 0 saturated carbocycles. The molecule has 2 heterocycles. The summed E-state index contributed by atoms with van der Waals surface area (Å²) < 4.78 is 13.1. The summed E-state index contributed by atoms with van der Waals surface area (Å²) in [6.45, 7) is 2.17. The van der Waals surface area contributed by atoms with E-state index >= 15 is 0 Å². The predicted octanol–water partition coefficient (Wildman–Crippen LogP) is 4.00. The number of hydrogen-bond acceptors (Lipinski definition) is 5. The minimum absolute atomic E-state index is 0.00431. The van der Waals surface area contributed by atoms with Gasteiger partial charge in [0, 0.05) is 5.56 Å². The molecule has 6 nitrogen and oxygen atoms in total. The quantitative estimate of drug-likeness (QED) is 0.741. The zero-order valence-electron chi connectivity index (χ0n) is 15.8. The minimum atomic E-state index is 0.00431. The van der Waals surface area contributed by atoms with Gasteiger partial charge < -0.3 is 14.8 Å². The van der Waals surface area contributed by atoms with Crippen LogP contribution in [0, 0.1) is 0 Å². The maximum atomic E-state index is 5.68. The first-order valence-corrected chi connectivity index (χ1v) is 9.21. The summed E-state index contributed by atoms with van der Waals surface area (Å²) in [5.41, 5.74) is 3.62. The van der Waals surface area contributed by atoms with Gasteiger partial charge >= 0.3 is 0 Å². The molecule has 2 aromatic carbocycles. The number of ether oxygens (including phenoxy) is 2. The first-order valence-electron chi connectivity index (χ1n) is 9.21. The second-order valence-corrected chi connectivity index (χ2v) is 6.65. The Hall–Kier alpha value is -3.02. The topological polar surface area (TPSA) is 61.2 Å². The van der Waals surface area contributed by atoms with E-state index in [1.165, 1.54) is 11.1 Å². The van der Waals surface area contributed by atoms with Crippen molar-refractivity contribution in [1.82, 2.24) is 14.8 Å². The van der Waals surface area contributed by atoms with Crippen LogP contribution in [0.25, 0.3) is 0 Å². The highest BCUT2D eigenvalue weighted by molar-refractivity contribution is 5.50. The Labute approximate surface area is 159 Å². The van der Waals surface area contributed by atoms with E-state index in [0.29, 0.717) is 0 Å². The zero-order valence-corrected chi connectivity index (χ0v) is 15.8. The SMILES string of the molecule is CCc1ccc([C@@H]2C[C@H](c3cccc(OC)c3OC)n3ncnc3N2)cc1. The number of nitrogens with one attached hydrogen (secondary N) is 1. The van der Waals surface area contributed by atoms with Crippen LogP contribution in [0.4, 0.5) is 5.95 Å². The second-order valence-electron chi connectivity index (χ2n) is 6.65. The number of aryl methyl sites for hydroxylation is 1. The average Bonchev–Trinajstić information content (AvgIpc) is 3.21. The number of rotatable bonds is 5. The molecule has 1 aliphatic heterocycles. The molecule has 140 valence electrons. The van der Waals surface area contributed by atoms with Gasteiger partial charge in [0.05, 0.1) is 26.3 Å². The van der Waals surface area contributed by atoms with E-state index in [9.17, 15) is 0 Å². The number of fused-ring (bicyclic) bond motifs is 1. The fourth-order valence-electron chi connectivity index (χ4n) is 3.76. The molecule has 1 aromatic heterocycles. The largest absolute Gasteiger partial charge is 0.493 e. The fraction of sp³-hybridized carbons (Fsp3) is 0.333. The first-order chi connectivity index (χ1) is 13.2. The third-order valence-corrected chi connectivity index (χ3v) is 5.21. The van der Waals surface area contributed by atoms with E-state index in [4.69, 9.17) is 9.47 Å². The molecule has 4 rings (SSSR count). The van der Waals surface area contributed by atoms with Gasteiger partial charge in [-0.25, -0.2) is 4.68 Å². The maximum Gasteiger partial charge on any atom is 0.222 e. The molecule has 0 bridgehead atoms. The molecule has 6 heteroatoms. The van der Waals surface area contributed by atoms with Crippen LogP contribution < -0.4 is 14.8 Å². The number of hydrogen-bond donors (Lipinski definition) is 1. The smallest absolute Gasteiger partial charge is 0.222 e. The average molecular weight is 364 g/mol. The molecule has 0 saturated heterocycles. The van der Waals surface area contributed by atoms with Crippen molar-refractivity contribution >= 4 is 5.95 Å². The number of benzene rings is 2. The van der Waals surface area contributed by atoms with Crippen LogP contribution in [0.15, 0.2) is 48.8 Å². The van der Waals surface area contributed by atoms with Gasteiger partial charge in [0.15, 0.2) is 11.5 Å². The molecule has 2 atom stereocenters. The Morgan fingerprint density at radius 2 is 1.93 bits per heavy atom. The van der Waals surface area contributed by atoms with Gasteiger partial charge in [-0.3, -0.25) is 0 Å². The van der Waals surface area contributed by atoms with Crippen molar-refractivity contribution in [2.45, 2.75) is 31.8 Å². The Balaban J connectivity index is 1.75. The van der Waals surface area contributed by atoms with E-state index in [1.54, 1.807) is 20.5 Å². The normalized spacial score (nSPS) is 18.5. The van der Waals surface area contributed by atoms with Crippen molar-refractivity contribution < 1.29 is 9.47 Å². The summed E-state index contributed by atoms with van der Waals surface area (Å²) in [5, 5.41) is 7.96. The van der Waals surface area contributed by atoms with Gasteiger partial charge in [-0.1, -0.05) is 43.3 Å². The van der Waals surface area contributed by atoms with Gasteiger partial charge in [0.25, 0.3) is 0 Å². The second kappa shape index (κ2) is 7.31. The molecular formula is C21H24N4O2. The van der Waals surface area contributed by atoms with Gasteiger partial charge in [0.2, 0.25) is 5.95 Å². The number of nitrogens with zero attached hydrogens (tertiary/aromatic N) is 3. The Morgan fingerprint density at radius 1 is 1.11 bits per heavy atom. The van der Waals surface area contributed by atoms with Gasteiger partial charge in [-0.15, -0.1) is 0 Å². The van der Waals surface area contributed by atoms with Crippen molar-refractivity contribution in [2.24, 2.45) is 0 Å². The van der Waals surface area contributed by atoms with Crippen molar-refractivity contribution in [3.05, 3.63) is 65.5 Å². The van der Waals surface area contributed by atoms with E-state index < -0.39 is 0 Å². The minimum Gasteiger partial charge on any atom is -0.493 e.